The van der Waals surface area contributed by atoms with E-state index in [9.17, 15) is 30.0 Å². The highest BCUT2D eigenvalue weighted by Gasteiger charge is 2.44. The van der Waals surface area contributed by atoms with E-state index in [1.807, 2.05) is 24.3 Å². The molecule has 5 rings (SSSR count). The van der Waals surface area contributed by atoms with Gasteiger partial charge in [-0.1, -0.05) is 47.7 Å². The number of carboxylic acids is 2. The van der Waals surface area contributed by atoms with Crippen LogP contribution in [0.4, 0.5) is 0 Å². The van der Waals surface area contributed by atoms with Gasteiger partial charge < -0.3 is 55.5 Å². The van der Waals surface area contributed by atoms with Crippen molar-refractivity contribution in [3.8, 4) is 17.6 Å². The van der Waals surface area contributed by atoms with Crippen molar-refractivity contribution in [1.29, 1.82) is 0 Å². The quantitative estimate of drug-likeness (QED) is 0.174. The second-order valence-electron chi connectivity index (χ2n) is 11.5. The molecule has 7 atom stereocenters. The van der Waals surface area contributed by atoms with Crippen LogP contribution in [0.1, 0.15) is 48.5 Å². The van der Waals surface area contributed by atoms with Crippen LogP contribution in [0, 0.1) is 11.8 Å². The van der Waals surface area contributed by atoms with Crippen LogP contribution in [0.3, 0.4) is 0 Å². The summed E-state index contributed by atoms with van der Waals surface area (Å²) in [6.07, 6.45) is -1.95. The third kappa shape index (κ3) is 12.0. The maximum Gasteiger partial charge on any atom is 0.320 e. The molecular weight excluding hydrogens is 648 g/mol. The maximum absolute atomic E-state index is 10.4. The molecule has 13 nitrogen and oxygen atoms in total. The lowest BCUT2D eigenvalue weighted by atomic mass is 9.90. The molecule has 3 aliphatic rings. The molecule has 0 aliphatic carbocycles. The van der Waals surface area contributed by atoms with E-state index >= 15 is 0 Å². The Hall–Kier alpha value is -3.29. The van der Waals surface area contributed by atoms with Gasteiger partial charge in [-0.15, -0.1) is 0 Å². The zero-order valence-corrected chi connectivity index (χ0v) is 27.5. The van der Waals surface area contributed by atoms with E-state index < -0.39 is 49.1 Å². The number of aliphatic hydroxyl groups is 4. The van der Waals surface area contributed by atoms with Crippen LogP contribution in [0.25, 0.3) is 0 Å². The SMILES string of the molecule is COCC#CCOc1ccc(Cc2cc([C@@H]3O[C@H](CO)[C@@H](O)[C@H](O)[C@H]3O)ccc2Cl)cc1.O=C(O)[C@@H]1CCCN1.O=C(O)[C@@H]1CCCN1. The Morgan fingerprint density at radius 3 is 2.00 bits per heavy atom. The monoisotopic (exact) mass is 692 g/mol. The van der Waals surface area contributed by atoms with Crippen LogP contribution in [0.5, 0.6) is 5.75 Å². The lowest BCUT2D eigenvalue weighted by Gasteiger charge is -2.40. The van der Waals surface area contributed by atoms with E-state index in [1.54, 1.807) is 25.3 Å². The summed E-state index contributed by atoms with van der Waals surface area (Å²) < 4.78 is 16.1. The summed E-state index contributed by atoms with van der Waals surface area (Å²) in [4.78, 5) is 20.3. The van der Waals surface area contributed by atoms with Crippen LogP contribution >= 0.6 is 11.6 Å². The van der Waals surface area contributed by atoms with Gasteiger partial charge in [-0.05, 0) is 80.1 Å². The van der Waals surface area contributed by atoms with Crippen molar-refractivity contribution in [3.63, 3.8) is 0 Å². The van der Waals surface area contributed by atoms with Crippen molar-refractivity contribution in [2.45, 2.75) is 74.7 Å². The molecule has 3 aliphatic heterocycles. The third-order valence-electron chi connectivity index (χ3n) is 7.98. The van der Waals surface area contributed by atoms with Gasteiger partial charge in [0.2, 0.25) is 0 Å². The van der Waals surface area contributed by atoms with Crippen molar-refractivity contribution in [3.05, 3.63) is 64.2 Å². The predicted molar refractivity (Wildman–Crippen MR) is 176 cm³/mol. The number of carbonyl (C=O) groups is 2. The van der Waals surface area contributed by atoms with Crippen LogP contribution in [0.15, 0.2) is 42.5 Å². The molecule has 0 saturated carbocycles. The minimum atomic E-state index is -1.43. The van der Waals surface area contributed by atoms with Gasteiger partial charge >= 0.3 is 11.9 Å². The summed E-state index contributed by atoms with van der Waals surface area (Å²) in [5, 5.41) is 62.8. The molecule has 0 spiro atoms. The molecule has 0 amide bonds. The Morgan fingerprint density at radius 2 is 1.50 bits per heavy atom. The second-order valence-corrected chi connectivity index (χ2v) is 11.9. The average Bonchev–Trinajstić information content (AvgIpc) is 3.83. The fourth-order valence-electron chi connectivity index (χ4n) is 5.29. The van der Waals surface area contributed by atoms with Crippen molar-refractivity contribution < 1.29 is 54.4 Å². The summed E-state index contributed by atoms with van der Waals surface area (Å²) in [5.41, 5.74) is 2.40. The number of hydrogen-bond donors (Lipinski definition) is 8. The number of nitrogens with one attached hydrogen (secondary N) is 2. The van der Waals surface area contributed by atoms with Gasteiger partial charge in [0.25, 0.3) is 0 Å². The van der Waals surface area contributed by atoms with Gasteiger partial charge in [0.1, 0.15) is 61.6 Å². The molecule has 3 heterocycles. The van der Waals surface area contributed by atoms with Gasteiger partial charge in [-0.2, -0.15) is 0 Å². The van der Waals surface area contributed by atoms with E-state index in [2.05, 4.69) is 22.5 Å². The summed E-state index contributed by atoms with van der Waals surface area (Å²) >= 11 is 6.39. The Morgan fingerprint density at radius 1 is 0.896 bits per heavy atom. The number of rotatable bonds is 9. The highest BCUT2D eigenvalue weighted by Crippen LogP contribution is 2.34. The molecule has 48 heavy (non-hydrogen) atoms. The molecule has 3 fully saturated rings. The third-order valence-corrected chi connectivity index (χ3v) is 8.35. The van der Waals surface area contributed by atoms with E-state index in [4.69, 9.17) is 36.0 Å². The van der Waals surface area contributed by atoms with E-state index in [-0.39, 0.29) is 18.7 Å². The first-order valence-electron chi connectivity index (χ1n) is 15.7. The van der Waals surface area contributed by atoms with Crippen LogP contribution < -0.4 is 15.4 Å². The second kappa shape index (κ2) is 20.3. The largest absolute Gasteiger partial charge is 0.481 e. The van der Waals surface area contributed by atoms with E-state index in [0.29, 0.717) is 29.4 Å². The molecule has 2 aromatic carbocycles. The molecule has 0 radical (unpaired) electrons. The summed E-state index contributed by atoms with van der Waals surface area (Å²) in [6.45, 7) is 1.88. The Kier molecular flexibility index (Phi) is 16.5. The topological polar surface area (TPSA) is 207 Å². The molecule has 3 saturated heterocycles. The minimum Gasteiger partial charge on any atom is -0.481 e. The Bertz CT molecular complexity index is 1330. The normalized spacial score (nSPS) is 26.2. The molecule has 2 aromatic rings. The van der Waals surface area contributed by atoms with Crippen LogP contribution in [-0.2, 0) is 25.5 Å². The summed E-state index contributed by atoms with van der Waals surface area (Å²) in [6, 6.07) is 12.2. The number of halogens is 1. The standard InChI is InChI=1S/C24H27ClO7.2C5H9NO2/c1-30-10-2-3-11-31-18-7-4-15(5-8-18)12-17-13-16(6-9-19(17)25)24-23(29)22(28)21(27)20(14-26)32-24;2*7-5(8)4-2-1-3-6-4/h4-9,13,20-24,26-29H,10-12,14H2,1H3;2*4,6H,1-3H2,(H,7,8)/t20-,21-,22+,23-,24+;2*4-/m100/s1. The number of aliphatic hydroxyl groups excluding tert-OH is 4. The average molecular weight is 693 g/mol. The van der Waals surface area contributed by atoms with Crippen molar-refractivity contribution in [2.75, 3.05) is 40.0 Å². The van der Waals surface area contributed by atoms with Gasteiger partial charge in [-0.25, -0.2) is 0 Å². The lowest BCUT2D eigenvalue weighted by molar-refractivity contribution is -0.231. The molecule has 8 N–H and O–H groups in total. The summed E-state index contributed by atoms with van der Waals surface area (Å²) in [7, 11) is 1.58. The van der Waals surface area contributed by atoms with E-state index in [1.165, 1.54) is 0 Å². The first kappa shape index (κ1) is 39.2. The number of carboxylic acid groups (broad SMARTS) is 2. The molecule has 0 aromatic heterocycles. The zero-order chi connectivity index (χ0) is 35.1. The van der Waals surface area contributed by atoms with Crippen LogP contribution in [0.2, 0.25) is 5.02 Å². The zero-order valence-electron chi connectivity index (χ0n) is 26.8. The number of hydrogen-bond acceptors (Lipinski definition) is 11. The van der Waals surface area contributed by atoms with Crippen molar-refractivity contribution in [1.82, 2.24) is 10.6 Å². The molecule has 264 valence electrons. The highest BCUT2D eigenvalue weighted by molar-refractivity contribution is 6.31. The highest BCUT2D eigenvalue weighted by atomic mass is 35.5. The molecule has 0 unspecified atom stereocenters. The number of ether oxygens (including phenoxy) is 3. The van der Waals surface area contributed by atoms with E-state index in [0.717, 1.165) is 49.9 Å². The summed E-state index contributed by atoms with van der Waals surface area (Å²) in [5.74, 6) is 4.93. The van der Waals surface area contributed by atoms with Gasteiger partial charge in [0, 0.05) is 12.1 Å². The molecule has 14 heteroatoms. The smallest absolute Gasteiger partial charge is 0.320 e. The van der Waals surface area contributed by atoms with Gasteiger partial charge in [-0.3, -0.25) is 9.59 Å². The Labute approximate surface area is 284 Å². The predicted octanol–water partition coefficient (Wildman–Crippen LogP) is 1.12. The molecule has 0 bridgehead atoms. The number of benzene rings is 2. The lowest BCUT2D eigenvalue weighted by Crippen LogP contribution is -2.55. The number of aliphatic carboxylic acids is 2. The maximum atomic E-state index is 10.4. The van der Waals surface area contributed by atoms with Crippen LogP contribution in [-0.4, -0.2) is 119 Å². The first-order valence-corrected chi connectivity index (χ1v) is 16.1. The Balaban J connectivity index is 0.000000316. The van der Waals surface area contributed by atoms with Gasteiger partial charge in [0.15, 0.2) is 0 Å². The number of methoxy groups -OCH3 is 1. The minimum absolute atomic E-state index is 0.269. The molecular formula is C34H45ClN2O11. The first-order chi connectivity index (χ1) is 23.0. The fourth-order valence-corrected chi connectivity index (χ4v) is 5.48. The van der Waals surface area contributed by atoms with Crippen molar-refractivity contribution >= 4 is 23.5 Å². The van der Waals surface area contributed by atoms with Crippen molar-refractivity contribution in [2.24, 2.45) is 0 Å². The fraction of sp³-hybridized carbons (Fsp3) is 0.529. The van der Waals surface area contributed by atoms with Gasteiger partial charge in [0.05, 0.1) is 6.61 Å².